The number of para-hydroxylation sites is 2. The van der Waals surface area contributed by atoms with Gasteiger partial charge >= 0.3 is 0 Å². The highest BCUT2D eigenvalue weighted by molar-refractivity contribution is 9.10. The maximum atomic E-state index is 13.3. The molecule has 0 aliphatic carbocycles. The molecule has 0 spiro atoms. The number of nitrogens with zero attached hydrogens (tertiary/aromatic N) is 1. The third kappa shape index (κ3) is 6.05. The molecule has 5 nitrogen and oxygen atoms in total. The fraction of sp³-hybridized carbons (Fsp3) is 0.240. The second-order valence-electron chi connectivity index (χ2n) is 7.48. The molecule has 3 aromatic carbocycles. The fourth-order valence-electron chi connectivity index (χ4n) is 3.44. The van der Waals surface area contributed by atoms with Crippen LogP contribution in [0.1, 0.15) is 23.9 Å². The molecule has 0 aliphatic rings. The van der Waals surface area contributed by atoms with Gasteiger partial charge in [-0.05, 0) is 48.9 Å². The van der Waals surface area contributed by atoms with Gasteiger partial charge in [0.25, 0.3) is 0 Å². The van der Waals surface area contributed by atoms with E-state index in [4.69, 9.17) is 21.1 Å². The molecule has 4 aromatic rings. The van der Waals surface area contributed by atoms with Crippen LogP contribution in [0.15, 0.2) is 59.1 Å². The summed E-state index contributed by atoms with van der Waals surface area (Å²) in [5.74, 6) is 1.82. The molecule has 172 valence electrons. The SMILES string of the molecule is CCOc1cc(CNCCc2nc3ccccc3[nH]2)c(Br)cc1OCc1ccc(F)cc1Cl. The molecule has 0 saturated heterocycles. The maximum Gasteiger partial charge on any atom is 0.162 e. The lowest BCUT2D eigenvalue weighted by molar-refractivity contribution is 0.269. The Morgan fingerprint density at radius 1 is 1.06 bits per heavy atom. The summed E-state index contributed by atoms with van der Waals surface area (Å²) < 4.78 is 25.9. The Hall–Kier alpha value is -2.61. The van der Waals surface area contributed by atoms with E-state index in [-0.39, 0.29) is 12.4 Å². The maximum absolute atomic E-state index is 13.3. The molecule has 0 radical (unpaired) electrons. The molecule has 2 N–H and O–H groups in total. The first kappa shape index (κ1) is 23.5. The highest BCUT2D eigenvalue weighted by Gasteiger charge is 2.12. The fourth-order valence-corrected chi connectivity index (χ4v) is 4.13. The van der Waals surface area contributed by atoms with Gasteiger partial charge in [0, 0.05) is 29.5 Å². The summed E-state index contributed by atoms with van der Waals surface area (Å²) in [5.41, 5.74) is 3.78. The first-order chi connectivity index (χ1) is 16.0. The Kier molecular flexibility index (Phi) is 7.85. The lowest BCUT2D eigenvalue weighted by atomic mass is 10.2. The Morgan fingerprint density at radius 3 is 2.67 bits per heavy atom. The lowest BCUT2D eigenvalue weighted by Gasteiger charge is -2.16. The van der Waals surface area contributed by atoms with Crippen molar-refractivity contribution in [3.8, 4) is 11.5 Å². The number of imidazole rings is 1. The van der Waals surface area contributed by atoms with Crippen molar-refractivity contribution in [2.24, 2.45) is 0 Å². The van der Waals surface area contributed by atoms with Gasteiger partial charge in [0.05, 0.1) is 22.7 Å². The molecule has 0 saturated carbocycles. The number of aromatic nitrogens is 2. The number of fused-ring (bicyclic) bond motifs is 1. The van der Waals surface area contributed by atoms with E-state index in [1.807, 2.05) is 43.3 Å². The second-order valence-corrected chi connectivity index (χ2v) is 8.74. The average Bonchev–Trinajstić information content (AvgIpc) is 3.21. The summed E-state index contributed by atoms with van der Waals surface area (Å²) in [5, 5.41) is 3.79. The summed E-state index contributed by atoms with van der Waals surface area (Å²) in [4.78, 5) is 7.96. The van der Waals surface area contributed by atoms with Gasteiger partial charge in [-0.2, -0.15) is 0 Å². The topological polar surface area (TPSA) is 59.2 Å². The van der Waals surface area contributed by atoms with Crippen molar-refractivity contribution in [1.29, 1.82) is 0 Å². The molecule has 4 rings (SSSR count). The van der Waals surface area contributed by atoms with Gasteiger partial charge in [-0.1, -0.05) is 45.7 Å². The number of H-pyrrole nitrogens is 1. The molecule has 1 aromatic heterocycles. The number of benzene rings is 3. The standard InChI is InChI=1S/C25H24BrClFN3O2/c1-2-32-23-11-17(14-29-10-9-25-30-21-5-3-4-6-22(21)31-25)19(26)13-24(23)33-15-16-7-8-18(28)12-20(16)27/h3-8,11-13,29H,2,9-10,14-15H2,1H3,(H,30,31). The monoisotopic (exact) mass is 531 g/mol. The zero-order chi connectivity index (χ0) is 23.2. The Bertz CT molecular complexity index is 1210. The van der Waals surface area contributed by atoms with Gasteiger partial charge in [-0.3, -0.25) is 0 Å². The van der Waals surface area contributed by atoms with Crippen LogP contribution in [0.4, 0.5) is 4.39 Å². The van der Waals surface area contributed by atoms with Gasteiger partial charge in [0.15, 0.2) is 11.5 Å². The van der Waals surface area contributed by atoms with Crippen molar-refractivity contribution >= 4 is 38.6 Å². The number of ether oxygens (including phenoxy) is 2. The Balaban J connectivity index is 1.38. The predicted molar refractivity (Wildman–Crippen MR) is 133 cm³/mol. The van der Waals surface area contributed by atoms with Crippen LogP contribution in [-0.4, -0.2) is 23.1 Å². The summed E-state index contributed by atoms with van der Waals surface area (Å²) >= 11 is 9.75. The first-order valence-corrected chi connectivity index (χ1v) is 11.9. The van der Waals surface area contributed by atoms with Crippen molar-refractivity contribution in [3.63, 3.8) is 0 Å². The van der Waals surface area contributed by atoms with E-state index in [9.17, 15) is 4.39 Å². The van der Waals surface area contributed by atoms with Crippen LogP contribution in [0.2, 0.25) is 5.02 Å². The summed E-state index contributed by atoms with van der Waals surface area (Å²) in [7, 11) is 0. The molecule has 0 atom stereocenters. The lowest BCUT2D eigenvalue weighted by Crippen LogP contribution is -2.17. The summed E-state index contributed by atoms with van der Waals surface area (Å²) in [6.07, 6.45) is 0.796. The molecule has 0 amide bonds. The van der Waals surface area contributed by atoms with Gasteiger partial charge in [0.2, 0.25) is 0 Å². The minimum atomic E-state index is -0.376. The zero-order valence-electron chi connectivity index (χ0n) is 18.1. The summed E-state index contributed by atoms with van der Waals surface area (Å²) in [6.45, 7) is 4.07. The van der Waals surface area contributed by atoms with Crippen LogP contribution in [0.25, 0.3) is 11.0 Å². The third-order valence-electron chi connectivity index (χ3n) is 5.10. The van der Waals surface area contributed by atoms with E-state index in [1.165, 1.54) is 12.1 Å². The largest absolute Gasteiger partial charge is 0.490 e. The van der Waals surface area contributed by atoms with E-state index in [2.05, 4.69) is 31.2 Å². The van der Waals surface area contributed by atoms with Gasteiger partial charge in [0.1, 0.15) is 18.2 Å². The van der Waals surface area contributed by atoms with Crippen molar-refractivity contribution in [1.82, 2.24) is 15.3 Å². The van der Waals surface area contributed by atoms with Crippen LogP contribution >= 0.6 is 27.5 Å². The second kappa shape index (κ2) is 11.0. The first-order valence-electron chi connectivity index (χ1n) is 10.7. The number of nitrogens with one attached hydrogen (secondary N) is 2. The normalized spacial score (nSPS) is 11.2. The van der Waals surface area contributed by atoms with E-state index in [1.54, 1.807) is 6.07 Å². The third-order valence-corrected chi connectivity index (χ3v) is 6.19. The molecule has 0 aliphatic heterocycles. The molecule has 1 heterocycles. The molecule has 8 heteroatoms. The number of aromatic amines is 1. The van der Waals surface area contributed by atoms with Crippen LogP contribution in [-0.2, 0) is 19.6 Å². The van der Waals surface area contributed by atoms with Crippen LogP contribution in [0, 0.1) is 5.82 Å². The van der Waals surface area contributed by atoms with E-state index < -0.39 is 0 Å². The van der Waals surface area contributed by atoms with Crippen LogP contribution in [0.5, 0.6) is 11.5 Å². The van der Waals surface area contributed by atoms with E-state index >= 15 is 0 Å². The van der Waals surface area contributed by atoms with Gasteiger partial charge < -0.3 is 19.8 Å². The molecule has 0 bridgehead atoms. The van der Waals surface area contributed by atoms with Crippen molar-refractivity contribution in [2.45, 2.75) is 26.5 Å². The Labute approximate surface area is 205 Å². The molecule has 0 fully saturated rings. The van der Waals surface area contributed by atoms with Gasteiger partial charge in [-0.25, -0.2) is 9.37 Å². The smallest absolute Gasteiger partial charge is 0.162 e. The van der Waals surface area contributed by atoms with Crippen molar-refractivity contribution in [3.05, 3.63) is 86.9 Å². The van der Waals surface area contributed by atoms with E-state index in [0.717, 1.165) is 39.9 Å². The molecule has 0 unspecified atom stereocenters. The molecular weight excluding hydrogens is 509 g/mol. The highest BCUT2D eigenvalue weighted by atomic mass is 79.9. The number of hydrogen-bond donors (Lipinski definition) is 2. The van der Waals surface area contributed by atoms with Crippen LogP contribution in [0.3, 0.4) is 0 Å². The summed E-state index contributed by atoms with van der Waals surface area (Å²) in [6, 6.07) is 16.1. The Morgan fingerprint density at radius 2 is 1.88 bits per heavy atom. The van der Waals surface area contributed by atoms with Crippen molar-refractivity contribution in [2.75, 3.05) is 13.2 Å². The zero-order valence-corrected chi connectivity index (χ0v) is 20.5. The van der Waals surface area contributed by atoms with Gasteiger partial charge in [-0.15, -0.1) is 0 Å². The van der Waals surface area contributed by atoms with E-state index in [0.29, 0.717) is 35.2 Å². The minimum Gasteiger partial charge on any atom is -0.490 e. The number of halogens is 3. The van der Waals surface area contributed by atoms with Crippen molar-refractivity contribution < 1.29 is 13.9 Å². The van der Waals surface area contributed by atoms with Crippen LogP contribution < -0.4 is 14.8 Å². The molecule has 33 heavy (non-hydrogen) atoms. The minimum absolute atomic E-state index is 0.209. The average molecular weight is 533 g/mol. The number of rotatable bonds is 10. The quantitative estimate of drug-likeness (QED) is 0.231. The number of hydrogen-bond acceptors (Lipinski definition) is 4. The predicted octanol–water partition coefficient (Wildman–Crippen LogP) is 6.43. The highest BCUT2D eigenvalue weighted by Crippen LogP contribution is 2.35. The molecular formula is C25H24BrClFN3O2.